The number of benzene rings is 1. The Morgan fingerprint density at radius 3 is 2.44 bits per heavy atom. The smallest absolute Gasteiger partial charge is 0.200 e. The van der Waals surface area contributed by atoms with E-state index in [4.69, 9.17) is 0 Å². The summed E-state index contributed by atoms with van der Waals surface area (Å²) >= 11 is 0. The average Bonchev–Trinajstić information content (AvgIpc) is 2.33. The highest BCUT2D eigenvalue weighted by atomic mass is 16.3. The maximum absolute atomic E-state index is 9.61. The highest BCUT2D eigenvalue weighted by molar-refractivity contribution is 5.52. The fraction of sp³-hybridized carbons (Fsp3) is 0.538. The van der Waals surface area contributed by atoms with Crippen molar-refractivity contribution < 1.29 is 15.3 Å². The Kier molecular flexibility index (Phi) is 5.25. The molecule has 0 aromatic heterocycles. The number of nitrogens with one attached hydrogen (secondary N) is 1. The lowest BCUT2D eigenvalue weighted by atomic mass is 10.1. The molecule has 5 nitrogen and oxygen atoms in total. The number of hydrogen-bond acceptors (Lipinski definition) is 5. The SMILES string of the molecule is CC(C)N(C)CCNCc1ccc(O)c(O)c1O. The van der Waals surface area contributed by atoms with Gasteiger partial charge in [0.25, 0.3) is 0 Å². The zero-order valence-corrected chi connectivity index (χ0v) is 11.1. The average molecular weight is 254 g/mol. The number of likely N-dealkylation sites (N-methyl/N-ethyl adjacent to an activating group) is 1. The monoisotopic (exact) mass is 254 g/mol. The molecule has 1 rings (SSSR count). The fourth-order valence-electron chi connectivity index (χ4n) is 1.49. The van der Waals surface area contributed by atoms with Crippen LogP contribution in [0, 0.1) is 0 Å². The van der Waals surface area contributed by atoms with E-state index in [0.29, 0.717) is 18.2 Å². The Balaban J connectivity index is 2.43. The number of phenols is 3. The zero-order chi connectivity index (χ0) is 13.7. The van der Waals surface area contributed by atoms with Crippen molar-refractivity contribution in [2.45, 2.75) is 26.4 Å². The quantitative estimate of drug-likeness (QED) is 0.454. The van der Waals surface area contributed by atoms with Crippen molar-refractivity contribution >= 4 is 0 Å². The summed E-state index contributed by atoms with van der Waals surface area (Å²) in [5.41, 5.74) is 0.567. The molecule has 0 heterocycles. The van der Waals surface area contributed by atoms with Gasteiger partial charge in [-0.15, -0.1) is 0 Å². The molecule has 4 N–H and O–H groups in total. The van der Waals surface area contributed by atoms with E-state index in [1.54, 1.807) is 6.07 Å². The highest BCUT2D eigenvalue weighted by Gasteiger charge is 2.10. The summed E-state index contributed by atoms with van der Waals surface area (Å²) in [5.74, 6) is -1.04. The van der Waals surface area contributed by atoms with Crippen LogP contribution < -0.4 is 5.32 Å². The molecule has 5 heteroatoms. The highest BCUT2D eigenvalue weighted by Crippen LogP contribution is 2.36. The van der Waals surface area contributed by atoms with Crippen LogP contribution in [-0.2, 0) is 6.54 Å². The zero-order valence-electron chi connectivity index (χ0n) is 11.1. The molecule has 0 radical (unpaired) electrons. The van der Waals surface area contributed by atoms with Crippen LogP contribution in [0.5, 0.6) is 17.2 Å². The molecule has 0 fully saturated rings. The molecule has 1 aromatic rings. The molecule has 0 aliphatic rings. The van der Waals surface area contributed by atoms with Crippen molar-refractivity contribution in [2.24, 2.45) is 0 Å². The van der Waals surface area contributed by atoms with Crippen molar-refractivity contribution in [1.29, 1.82) is 0 Å². The Labute approximate surface area is 108 Å². The Hall–Kier alpha value is -1.46. The second kappa shape index (κ2) is 6.47. The molecule has 0 aliphatic carbocycles. The number of hydrogen-bond donors (Lipinski definition) is 4. The van der Waals surface area contributed by atoms with Gasteiger partial charge in [0.1, 0.15) is 0 Å². The molecule has 1 aromatic carbocycles. The first-order chi connectivity index (χ1) is 8.43. The van der Waals surface area contributed by atoms with Gasteiger partial charge in [-0.1, -0.05) is 6.07 Å². The number of phenolic OH excluding ortho intramolecular Hbond substituents is 3. The summed E-state index contributed by atoms with van der Waals surface area (Å²) < 4.78 is 0. The lowest BCUT2D eigenvalue weighted by Gasteiger charge is -2.21. The molecule has 0 unspecified atom stereocenters. The number of aromatic hydroxyl groups is 3. The van der Waals surface area contributed by atoms with Crippen molar-refractivity contribution in [3.63, 3.8) is 0 Å². The second-order valence-electron chi connectivity index (χ2n) is 4.69. The standard InChI is InChI=1S/C13H22N2O3/c1-9(2)15(3)7-6-14-8-10-4-5-11(16)13(18)12(10)17/h4-5,9,14,16-18H,6-8H2,1-3H3. The van der Waals surface area contributed by atoms with Gasteiger partial charge < -0.3 is 25.5 Å². The first kappa shape index (κ1) is 14.6. The van der Waals surface area contributed by atoms with Crippen molar-refractivity contribution in [2.75, 3.05) is 20.1 Å². The predicted molar refractivity (Wildman–Crippen MR) is 70.9 cm³/mol. The van der Waals surface area contributed by atoms with Crippen LogP contribution in [-0.4, -0.2) is 46.4 Å². The Morgan fingerprint density at radius 1 is 1.17 bits per heavy atom. The third-order valence-corrected chi connectivity index (χ3v) is 3.05. The van der Waals surface area contributed by atoms with E-state index in [-0.39, 0.29) is 11.5 Å². The summed E-state index contributed by atoms with van der Waals surface area (Å²) in [5, 5.41) is 31.4. The fourth-order valence-corrected chi connectivity index (χ4v) is 1.49. The third-order valence-electron chi connectivity index (χ3n) is 3.05. The van der Waals surface area contributed by atoms with Crippen LogP contribution in [0.4, 0.5) is 0 Å². The van der Waals surface area contributed by atoms with E-state index in [2.05, 4.69) is 31.1 Å². The van der Waals surface area contributed by atoms with Crippen LogP contribution in [0.25, 0.3) is 0 Å². The van der Waals surface area contributed by atoms with Crippen molar-refractivity contribution in [3.8, 4) is 17.2 Å². The molecule has 0 saturated heterocycles. The van der Waals surface area contributed by atoms with E-state index >= 15 is 0 Å². The Morgan fingerprint density at radius 2 is 1.83 bits per heavy atom. The van der Waals surface area contributed by atoms with Crippen molar-refractivity contribution in [1.82, 2.24) is 10.2 Å². The molecule has 0 saturated carbocycles. The van der Waals surface area contributed by atoms with Gasteiger partial charge in [-0.25, -0.2) is 0 Å². The van der Waals surface area contributed by atoms with E-state index in [0.717, 1.165) is 13.1 Å². The van der Waals surface area contributed by atoms with E-state index in [9.17, 15) is 15.3 Å². The van der Waals surface area contributed by atoms with Crippen LogP contribution in [0.2, 0.25) is 0 Å². The van der Waals surface area contributed by atoms with Gasteiger partial charge in [-0.2, -0.15) is 0 Å². The first-order valence-corrected chi connectivity index (χ1v) is 6.07. The molecule has 0 atom stereocenters. The first-order valence-electron chi connectivity index (χ1n) is 6.07. The van der Waals surface area contributed by atoms with Gasteiger partial charge in [-0.3, -0.25) is 0 Å². The van der Waals surface area contributed by atoms with Crippen molar-refractivity contribution in [3.05, 3.63) is 17.7 Å². The maximum Gasteiger partial charge on any atom is 0.200 e. The third kappa shape index (κ3) is 3.78. The minimum atomic E-state index is -0.464. The molecule has 0 spiro atoms. The lowest BCUT2D eigenvalue weighted by molar-refractivity contribution is 0.273. The largest absolute Gasteiger partial charge is 0.504 e. The summed E-state index contributed by atoms with van der Waals surface area (Å²) in [6, 6.07) is 3.45. The maximum atomic E-state index is 9.61. The van der Waals surface area contributed by atoms with Crippen LogP contribution in [0.3, 0.4) is 0 Å². The minimum absolute atomic E-state index is 0.264. The van der Waals surface area contributed by atoms with Gasteiger partial charge >= 0.3 is 0 Å². The summed E-state index contributed by atoms with van der Waals surface area (Å²) in [6.07, 6.45) is 0. The van der Waals surface area contributed by atoms with E-state index in [1.807, 2.05) is 0 Å². The molecular weight excluding hydrogens is 232 g/mol. The van der Waals surface area contributed by atoms with E-state index in [1.165, 1.54) is 6.07 Å². The van der Waals surface area contributed by atoms with Crippen LogP contribution in [0.1, 0.15) is 19.4 Å². The molecule has 0 amide bonds. The molecule has 0 bridgehead atoms. The normalized spacial score (nSPS) is 11.4. The van der Waals surface area contributed by atoms with Gasteiger partial charge in [0.2, 0.25) is 5.75 Å². The molecule has 102 valence electrons. The summed E-state index contributed by atoms with van der Waals surface area (Å²) in [4.78, 5) is 2.21. The van der Waals surface area contributed by atoms with Gasteiger partial charge in [0.05, 0.1) is 0 Å². The molecule has 0 aliphatic heterocycles. The van der Waals surface area contributed by atoms with E-state index < -0.39 is 5.75 Å². The molecule has 18 heavy (non-hydrogen) atoms. The van der Waals surface area contributed by atoms with Gasteiger partial charge in [0.15, 0.2) is 11.5 Å². The summed E-state index contributed by atoms with van der Waals surface area (Å²) in [6.45, 7) is 6.40. The molecular formula is C13H22N2O3. The van der Waals surface area contributed by atoms with Crippen LogP contribution in [0.15, 0.2) is 12.1 Å². The number of nitrogens with zero attached hydrogens (tertiary/aromatic N) is 1. The lowest BCUT2D eigenvalue weighted by Crippen LogP contribution is -2.33. The number of rotatable bonds is 6. The second-order valence-corrected chi connectivity index (χ2v) is 4.69. The Bertz CT molecular complexity index is 394. The van der Waals surface area contributed by atoms with Crippen LogP contribution >= 0.6 is 0 Å². The summed E-state index contributed by atoms with van der Waals surface area (Å²) in [7, 11) is 2.05. The predicted octanol–water partition coefficient (Wildman–Crippen LogP) is 1.23. The van der Waals surface area contributed by atoms with Gasteiger partial charge in [0, 0.05) is 31.2 Å². The minimum Gasteiger partial charge on any atom is -0.504 e. The topological polar surface area (TPSA) is 76.0 Å². The van der Waals surface area contributed by atoms with Gasteiger partial charge in [-0.05, 0) is 27.0 Å².